The number of nitrogens with one attached hydrogen (secondary N) is 1. The number of anilines is 2. The molecule has 1 N–H and O–H groups in total. The van der Waals surface area contributed by atoms with E-state index in [4.69, 9.17) is 17.0 Å². The lowest BCUT2D eigenvalue weighted by Gasteiger charge is -2.37. The third-order valence-corrected chi connectivity index (χ3v) is 7.36. The molecule has 2 heterocycles. The highest BCUT2D eigenvalue weighted by molar-refractivity contribution is 7.80. The van der Waals surface area contributed by atoms with Crippen LogP contribution in [0.15, 0.2) is 24.3 Å². The zero-order valence-electron chi connectivity index (χ0n) is 17.1. The van der Waals surface area contributed by atoms with Gasteiger partial charge in [0, 0.05) is 31.1 Å². The molecule has 1 aliphatic carbocycles. The van der Waals surface area contributed by atoms with E-state index in [1.165, 1.54) is 24.5 Å². The van der Waals surface area contributed by atoms with E-state index in [1.807, 2.05) is 17.0 Å². The molecule has 8 heteroatoms. The fraction of sp³-hybridized carbons (Fsp3) is 0.455. The molecular formula is C22H26FN3O2S2. The molecule has 0 saturated carbocycles. The number of carbonyl (C=O) groups is 1. The highest BCUT2D eigenvalue weighted by Crippen LogP contribution is 2.38. The number of rotatable bonds is 3. The van der Waals surface area contributed by atoms with Crippen LogP contribution in [0.25, 0.3) is 0 Å². The number of thiophene rings is 1. The summed E-state index contributed by atoms with van der Waals surface area (Å²) in [6.07, 6.45) is 5.34. The molecule has 0 amide bonds. The van der Waals surface area contributed by atoms with E-state index in [9.17, 15) is 9.18 Å². The summed E-state index contributed by atoms with van der Waals surface area (Å²) in [5, 5.41) is 4.71. The number of para-hydroxylation sites is 1. The smallest absolute Gasteiger partial charge is 0.341 e. The van der Waals surface area contributed by atoms with Crippen molar-refractivity contribution in [2.45, 2.75) is 32.1 Å². The molecule has 1 aromatic heterocycles. The number of nitrogens with zero attached hydrogens (tertiary/aromatic N) is 2. The maximum atomic E-state index is 14.1. The van der Waals surface area contributed by atoms with Gasteiger partial charge in [0.25, 0.3) is 0 Å². The number of piperazine rings is 1. The average Bonchev–Trinajstić information content (AvgIpc) is 2.93. The van der Waals surface area contributed by atoms with Crippen LogP contribution < -0.4 is 10.2 Å². The fourth-order valence-electron chi connectivity index (χ4n) is 4.18. The van der Waals surface area contributed by atoms with Gasteiger partial charge in [-0.25, -0.2) is 9.18 Å². The number of hydrogen-bond acceptors (Lipinski definition) is 5. The van der Waals surface area contributed by atoms with Crippen molar-refractivity contribution in [3.05, 3.63) is 46.1 Å². The number of methoxy groups -OCH3 is 1. The molecule has 0 atom stereocenters. The highest BCUT2D eigenvalue weighted by Gasteiger charge is 2.27. The van der Waals surface area contributed by atoms with Gasteiger partial charge in [-0.05, 0) is 55.6 Å². The summed E-state index contributed by atoms with van der Waals surface area (Å²) >= 11 is 7.29. The predicted molar refractivity (Wildman–Crippen MR) is 123 cm³/mol. The molecule has 160 valence electrons. The van der Waals surface area contributed by atoms with Crippen LogP contribution in [-0.4, -0.2) is 49.3 Å². The van der Waals surface area contributed by atoms with Crippen LogP contribution >= 0.6 is 23.6 Å². The molecule has 5 nitrogen and oxygen atoms in total. The van der Waals surface area contributed by atoms with Crippen LogP contribution in [0, 0.1) is 5.82 Å². The number of fused-ring (bicyclic) bond motifs is 1. The average molecular weight is 448 g/mol. The third kappa shape index (κ3) is 4.30. The summed E-state index contributed by atoms with van der Waals surface area (Å²) < 4.78 is 19.1. The van der Waals surface area contributed by atoms with Gasteiger partial charge < -0.3 is 19.9 Å². The van der Waals surface area contributed by atoms with Gasteiger partial charge in [-0.3, -0.25) is 0 Å². The van der Waals surface area contributed by atoms with Gasteiger partial charge in [0.15, 0.2) is 5.11 Å². The summed E-state index contributed by atoms with van der Waals surface area (Å²) in [7, 11) is 1.42. The van der Waals surface area contributed by atoms with E-state index < -0.39 is 0 Å². The highest BCUT2D eigenvalue weighted by atomic mass is 32.1. The minimum atomic E-state index is -0.302. The Balaban J connectivity index is 1.46. The summed E-state index contributed by atoms with van der Waals surface area (Å²) in [5.41, 5.74) is 2.40. The molecular weight excluding hydrogens is 421 g/mol. The number of hydrogen-bond donors (Lipinski definition) is 1. The Labute approximate surface area is 185 Å². The molecule has 1 saturated heterocycles. The zero-order chi connectivity index (χ0) is 21.1. The maximum Gasteiger partial charge on any atom is 0.341 e. The second-order valence-electron chi connectivity index (χ2n) is 7.62. The van der Waals surface area contributed by atoms with Gasteiger partial charge in [-0.1, -0.05) is 18.6 Å². The van der Waals surface area contributed by atoms with Crippen LogP contribution in [0.2, 0.25) is 0 Å². The quantitative estimate of drug-likeness (QED) is 0.426. The number of thiocarbonyl (C=S) groups is 1. The first kappa shape index (κ1) is 21.1. The number of ether oxygens (including phenoxy) is 1. The van der Waals surface area contributed by atoms with E-state index in [1.54, 1.807) is 17.4 Å². The van der Waals surface area contributed by atoms with Gasteiger partial charge in [-0.15, -0.1) is 11.3 Å². The molecule has 2 aromatic rings. The lowest BCUT2D eigenvalue weighted by molar-refractivity contribution is 0.0601. The Morgan fingerprint density at radius 2 is 1.87 bits per heavy atom. The number of aryl methyl sites for hydroxylation is 1. The number of benzene rings is 1. The lowest BCUT2D eigenvalue weighted by Crippen LogP contribution is -2.50. The SMILES string of the molecule is COC(=O)c1c(NC(=S)N2CCN(c3ccccc3F)CC2)sc2c1CCCCC2. The Hall–Kier alpha value is -2.19. The Morgan fingerprint density at radius 3 is 2.60 bits per heavy atom. The summed E-state index contributed by atoms with van der Waals surface area (Å²) in [4.78, 5) is 17.9. The summed E-state index contributed by atoms with van der Waals surface area (Å²) in [6, 6.07) is 6.85. The maximum absolute atomic E-state index is 14.1. The second-order valence-corrected chi connectivity index (χ2v) is 9.11. The minimum absolute atomic E-state index is 0.200. The number of halogens is 1. The number of esters is 1. The fourth-order valence-corrected chi connectivity index (χ4v) is 5.81. The van der Waals surface area contributed by atoms with Crippen LogP contribution in [0.5, 0.6) is 0 Å². The van der Waals surface area contributed by atoms with Crippen molar-refractivity contribution >= 4 is 45.3 Å². The number of carbonyl (C=O) groups excluding carboxylic acids is 1. The van der Waals surface area contributed by atoms with Crippen LogP contribution in [0.4, 0.5) is 15.1 Å². The lowest BCUT2D eigenvalue weighted by atomic mass is 10.1. The van der Waals surface area contributed by atoms with Gasteiger partial charge >= 0.3 is 5.97 Å². The van der Waals surface area contributed by atoms with Gasteiger partial charge in [0.05, 0.1) is 18.4 Å². The molecule has 1 aliphatic heterocycles. The van der Waals surface area contributed by atoms with Gasteiger partial charge in [-0.2, -0.15) is 0 Å². The predicted octanol–water partition coefficient (Wildman–Crippen LogP) is 4.46. The summed E-state index contributed by atoms with van der Waals surface area (Å²) in [5.74, 6) is -0.501. The normalized spacial score (nSPS) is 16.6. The topological polar surface area (TPSA) is 44.8 Å². The molecule has 1 fully saturated rings. The first-order valence-corrected chi connectivity index (χ1v) is 11.6. The third-order valence-electron chi connectivity index (χ3n) is 5.79. The van der Waals surface area contributed by atoms with Crippen molar-refractivity contribution in [2.75, 3.05) is 43.5 Å². The monoisotopic (exact) mass is 447 g/mol. The Morgan fingerprint density at radius 1 is 1.13 bits per heavy atom. The van der Waals surface area contributed by atoms with Crippen LogP contribution in [0.1, 0.15) is 40.1 Å². The van der Waals surface area contributed by atoms with Crippen molar-refractivity contribution in [3.8, 4) is 0 Å². The molecule has 2 aliphatic rings. The molecule has 0 bridgehead atoms. The second kappa shape index (κ2) is 9.31. The van der Waals surface area contributed by atoms with Crippen molar-refractivity contribution in [2.24, 2.45) is 0 Å². The molecule has 30 heavy (non-hydrogen) atoms. The van der Waals surface area contributed by atoms with E-state index in [0.717, 1.165) is 36.2 Å². The minimum Gasteiger partial charge on any atom is -0.465 e. The van der Waals surface area contributed by atoms with Gasteiger partial charge in [0.2, 0.25) is 0 Å². The van der Waals surface area contributed by atoms with Crippen molar-refractivity contribution in [1.29, 1.82) is 0 Å². The molecule has 4 rings (SSSR count). The molecule has 0 unspecified atom stereocenters. The van der Waals surface area contributed by atoms with Crippen molar-refractivity contribution in [1.82, 2.24) is 4.90 Å². The van der Waals surface area contributed by atoms with Gasteiger partial charge in [0.1, 0.15) is 10.8 Å². The van der Waals surface area contributed by atoms with Crippen molar-refractivity contribution < 1.29 is 13.9 Å². The first-order valence-electron chi connectivity index (χ1n) is 10.4. The Kier molecular flexibility index (Phi) is 6.53. The van der Waals surface area contributed by atoms with Crippen LogP contribution in [0.3, 0.4) is 0 Å². The molecule has 1 aromatic carbocycles. The van der Waals surface area contributed by atoms with Crippen molar-refractivity contribution in [3.63, 3.8) is 0 Å². The van der Waals surface area contributed by atoms with Crippen LogP contribution in [-0.2, 0) is 17.6 Å². The van der Waals surface area contributed by atoms with E-state index >= 15 is 0 Å². The summed E-state index contributed by atoms with van der Waals surface area (Å²) in [6.45, 7) is 2.76. The zero-order valence-corrected chi connectivity index (χ0v) is 18.7. The first-order chi connectivity index (χ1) is 14.6. The molecule has 0 spiro atoms. The Bertz CT molecular complexity index is 938. The van der Waals surface area contributed by atoms with E-state index in [0.29, 0.717) is 42.5 Å². The standard InChI is InChI=1S/C22H26FN3O2S2/c1-28-21(27)19-15-7-3-2-4-10-18(15)30-20(19)24-22(29)26-13-11-25(12-14-26)17-9-6-5-8-16(17)23/h5-6,8-9H,2-4,7,10-14H2,1H3,(H,24,29). The molecule has 0 radical (unpaired) electrons. The van der Waals surface area contributed by atoms with E-state index in [-0.39, 0.29) is 11.8 Å². The largest absolute Gasteiger partial charge is 0.465 e. The van der Waals surface area contributed by atoms with E-state index in [2.05, 4.69) is 10.2 Å².